The molecule has 0 spiro atoms. The Morgan fingerprint density at radius 2 is 2.00 bits per heavy atom. The highest BCUT2D eigenvalue weighted by molar-refractivity contribution is 6.32. The third-order valence-electron chi connectivity index (χ3n) is 2.91. The minimum Gasteiger partial charge on any atom is -0.495 e. The van der Waals surface area contributed by atoms with Crippen molar-refractivity contribution in [2.45, 2.75) is 32.6 Å². The van der Waals surface area contributed by atoms with Gasteiger partial charge in [-0.3, -0.25) is 9.59 Å². The summed E-state index contributed by atoms with van der Waals surface area (Å²) >= 11 is 6.21. The minimum absolute atomic E-state index is 0.119. The number of nitrogens with one attached hydrogen (secondary N) is 1. The first-order valence-electron chi connectivity index (χ1n) is 6.05. The summed E-state index contributed by atoms with van der Waals surface area (Å²) in [6, 6.07) is 3.26. The molecule has 20 heavy (non-hydrogen) atoms. The monoisotopic (exact) mass is 299 g/mol. The summed E-state index contributed by atoms with van der Waals surface area (Å²) in [7, 11) is 1.47. The molecule has 6 heteroatoms. The number of hydrogen-bond acceptors (Lipinski definition) is 3. The van der Waals surface area contributed by atoms with E-state index in [-0.39, 0.29) is 12.3 Å². The van der Waals surface area contributed by atoms with Crippen LogP contribution in [0.5, 0.6) is 5.75 Å². The summed E-state index contributed by atoms with van der Waals surface area (Å²) < 4.78 is 5.22. The lowest BCUT2D eigenvalue weighted by Crippen LogP contribution is -2.25. The average Bonchev–Trinajstić information content (AvgIpc) is 2.26. The molecule has 0 radical (unpaired) electrons. The SMILES string of the molecule is COc1ccc(Cl)c(C(C)(C)CC(=O)O)c1NC(C)=O. The Bertz CT molecular complexity index is 540. The number of carboxylic acid groups (broad SMARTS) is 1. The molecule has 0 fully saturated rings. The molecule has 0 aliphatic carbocycles. The lowest BCUT2D eigenvalue weighted by Gasteiger charge is -2.28. The lowest BCUT2D eigenvalue weighted by molar-refractivity contribution is -0.138. The maximum absolute atomic E-state index is 11.4. The second-order valence-electron chi connectivity index (χ2n) is 5.14. The van der Waals surface area contributed by atoms with E-state index in [1.54, 1.807) is 26.0 Å². The number of amides is 1. The van der Waals surface area contributed by atoms with Gasteiger partial charge in [-0.2, -0.15) is 0 Å². The Kier molecular flexibility index (Phi) is 5.00. The Balaban J connectivity index is 3.49. The van der Waals surface area contributed by atoms with Crippen molar-refractivity contribution in [3.05, 3.63) is 22.7 Å². The molecule has 2 N–H and O–H groups in total. The maximum atomic E-state index is 11.4. The molecule has 0 bridgehead atoms. The molecule has 110 valence electrons. The van der Waals surface area contributed by atoms with E-state index in [1.807, 2.05) is 0 Å². The molecule has 0 unspecified atom stereocenters. The molecule has 0 atom stereocenters. The van der Waals surface area contributed by atoms with Crippen LogP contribution in [-0.2, 0) is 15.0 Å². The highest BCUT2D eigenvalue weighted by atomic mass is 35.5. The maximum Gasteiger partial charge on any atom is 0.304 e. The number of benzene rings is 1. The quantitative estimate of drug-likeness (QED) is 0.876. The zero-order valence-electron chi connectivity index (χ0n) is 11.9. The first-order valence-corrected chi connectivity index (χ1v) is 6.43. The smallest absolute Gasteiger partial charge is 0.304 e. The van der Waals surface area contributed by atoms with E-state index in [1.165, 1.54) is 14.0 Å². The highest BCUT2D eigenvalue weighted by Gasteiger charge is 2.31. The average molecular weight is 300 g/mol. The summed E-state index contributed by atoms with van der Waals surface area (Å²) in [6.45, 7) is 4.88. The predicted octanol–water partition coefficient (Wildman–Crippen LogP) is 3.06. The fourth-order valence-corrected chi connectivity index (χ4v) is 2.57. The number of carbonyl (C=O) groups is 2. The third-order valence-corrected chi connectivity index (χ3v) is 3.22. The Morgan fingerprint density at radius 3 is 2.45 bits per heavy atom. The van der Waals surface area contributed by atoms with Gasteiger partial charge in [-0.25, -0.2) is 0 Å². The number of carboxylic acids is 1. The van der Waals surface area contributed by atoms with Crippen LogP contribution < -0.4 is 10.1 Å². The van der Waals surface area contributed by atoms with Gasteiger partial charge in [-0.05, 0) is 12.1 Å². The van der Waals surface area contributed by atoms with Crippen LogP contribution in [-0.4, -0.2) is 24.1 Å². The van der Waals surface area contributed by atoms with Gasteiger partial charge in [0.25, 0.3) is 0 Å². The van der Waals surface area contributed by atoms with Crippen molar-refractivity contribution in [1.29, 1.82) is 0 Å². The van der Waals surface area contributed by atoms with E-state index in [0.717, 1.165) is 0 Å². The van der Waals surface area contributed by atoms with Crippen LogP contribution in [0.4, 0.5) is 5.69 Å². The zero-order chi connectivity index (χ0) is 15.5. The van der Waals surface area contributed by atoms with Gasteiger partial charge < -0.3 is 15.2 Å². The highest BCUT2D eigenvalue weighted by Crippen LogP contribution is 2.43. The van der Waals surface area contributed by atoms with E-state index in [4.69, 9.17) is 21.4 Å². The van der Waals surface area contributed by atoms with E-state index < -0.39 is 11.4 Å². The molecule has 0 aliphatic heterocycles. The first kappa shape index (κ1) is 16.3. The molecule has 0 heterocycles. The van der Waals surface area contributed by atoms with Crippen LogP contribution in [0.25, 0.3) is 0 Å². The van der Waals surface area contributed by atoms with Gasteiger partial charge in [0, 0.05) is 22.9 Å². The molecular formula is C14H18ClNO4. The molecule has 0 saturated carbocycles. The Morgan fingerprint density at radius 1 is 1.40 bits per heavy atom. The summed E-state index contributed by atoms with van der Waals surface area (Å²) in [4.78, 5) is 22.4. The third kappa shape index (κ3) is 3.63. The first-order chi connectivity index (χ1) is 9.19. The minimum atomic E-state index is -0.942. The predicted molar refractivity (Wildman–Crippen MR) is 77.6 cm³/mol. The molecule has 1 amide bonds. The van der Waals surface area contributed by atoms with Crippen molar-refractivity contribution in [1.82, 2.24) is 0 Å². The molecule has 0 saturated heterocycles. The van der Waals surface area contributed by atoms with E-state index in [9.17, 15) is 9.59 Å². The summed E-state index contributed by atoms with van der Waals surface area (Å²) in [5.74, 6) is -0.779. The van der Waals surface area contributed by atoms with Crippen molar-refractivity contribution < 1.29 is 19.4 Å². The second kappa shape index (κ2) is 6.13. The van der Waals surface area contributed by atoms with Crippen molar-refractivity contribution in [3.8, 4) is 5.75 Å². The van der Waals surface area contributed by atoms with Crippen molar-refractivity contribution >= 4 is 29.2 Å². The van der Waals surface area contributed by atoms with Gasteiger partial charge in [0.15, 0.2) is 0 Å². The number of carbonyl (C=O) groups excluding carboxylic acids is 1. The van der Waals surface area contributed by atoms with Crippen molar-refractivity contribution in [2.75, 3.05) is 12.4 Å². The van der Waals surface area contributed by atoms with Gasteiger partial charge >= 0.3 is 5.97 Å². The molecule has 0 aliphatic rings. The molecule has 1 aromatic carbocycles. The van der Waals surface area contributed by atoms with Gasteiger partial charge in [-0.15, -0.1) is 0 Å². The largest absolute Gasteiger partial charge is 0.495 e. The number of anilines is 1. The molecule has 1 rings (SSSR count). The number of methoxy groups -OCH3 is 1. The van der Waals surface area contributed by atoms with Gasteiger partial charge in [0.05, 0.1) is 19.2 Å². The number of ether oxygens (including phenoxy) is 1. The fraction of sp³-hybridized carbons (Fsp3) is 0.429. The summed E-state index contributed by atoms with van der Waals surface area (Å²) in [5.41, 5.74) is 0.213. The zero-order valence-corrected chi connectivity index (χ0v) is 12.7. The Hall–Kier alpha value is -1.75. The topological polar surface area (TPSA) is 75.6 Å². The van der Waals surface area contributed by atoms with E-state index in [2.05, 4.69) is 5.32 Å². The fourth-order valence-electron chi connectivity index (χ4n) is 2.16. The normalized spacial score (nSPS) is 11.1. The summed E-state index contributed by atoms with van der Waals surface area (Å²) in [5, 5.41) is 12.1. The number of aliphatic carboxylic acids is 1. The van der Waals surface area contributed by atoms with Gasteiger partial charge in [0.2, 0.25) is 5.91 Å². The van der Waals surface area contributed by atoms with Crippen LogP contribution in [0.2, 0.25) is 5.02 Å². The van der Waals surface area contributed by atoms with Crippen molar-refractivity contribution in [2.24, 2.45) is 0 Å². The van der Waals surface area contributed by atoms with Crippen LogP contribution in [0.15, 0.2) is 12.1 Å². The van der Waals surface area contributed by atoms with Crippen LogP contribution in [0.3, 0.4) is 0 Å². The van der Waals surface area contributed by atoms with Crippen LogP contribution >= 0.6 is 11.6 Å². The van der Waals surface area contributed by atoms with E-state index in [0.29, 0.717) is 22.0 Å². The number of hydrogen-bond donors (Lipinski definition) is 2. The lowest BCUT2D eigenvalue weighted by atomic mass is 9.80. The number of halogens is 1. The van der Waals surface area contributed by atoms with Crippen LogP contribution in [0, 0.1) is 0 Å². The molecule has 0 aromatic heterocycles. The standard InChI is InChI=1S/C14H18ClNO4/c1-8(17)16-13-10(20-4)6-5-9(15)12(13)14(2,3)7-11(18)19/h5-6H,7H2,1-4H3,(H,16,17)(H,18,19). The van der Waals surface area contributed by atoms with Crippen LogP contribution in [0.1, 0.15) is 32.8 Å². The van der Waals surface area contributed by atoms with Crippen molar-refractivity contribution in [3.63, 3.8) is 0 Å². The van der Waals surface area contributed by atoms with Gasteiger partial charge in [0.1, 0.15) is 5.75 Å². The second-order valence-corrected chi connectivity index (χ2v) is 5.54. The molecule has 1 aromatic rings. The molecule has 5 nitrogen and oxygen atoms in total. The van der Waals surface area contributed by atoms with Gasteiger partial charge in [-0.1, -0.05) is 25.4 Å². The summed E-state index contributed by atoms with van der Waals surface area (Å²) in [6.07, 6.45) is -0.119. The molecular weight excluding hydrogens is 282 g/mol. The number of rotatable bonds is 5. The van der Waals surface area contributed by atoms with E-state index >= 15 is 0 Å². The Labute approximate surface area is 122 Å².